The summed E-state index contributed by atoms with van der Waals surface area (Å²) in [5.41, 5.74) is 0.795. The van der Waals surface area contributed by atoms with Crippen LogP contribution in [-0.4, -0.2) is 54.8 Å². The summed E-state index contributed by atoms with van der Waals surface area (Å²) in [6, 6.07) is 17.3. The second-order valence-corrected chi connectivity index (χ2v) is 9.31. The van der Waals surface area contributed by atoms with Crippen molar-refractivity contribution in [2.75, 3.05) is 13.7 Å². The van der Waals surface area contributed by atoms with E-state index in [4.69, 9.17) is 9.15 Å². The number of amides is 1. The van der Waals surface area contributed by atoms with E-state index in [-0.39, 0.29) is 24.4 Å². The summed E-state index contributed by atoms with van der Waals surface area (Å²) in [4.78, 5) is 11.3. The first-order valence-electron chi connectivity index (χ1n) is 10.2. The average Bonchev–Trinajstić information content (AvgIpc) is 3.32. The topological polar surface area (TPSA) is 129 Å². The van der Waals surface area contributed by atoms with Crippen LogP contribution in [0.2, 0.25) is 0 Å². The Balaban J connectivity index is 1.89. The first-order chi connectivity index (χ1) is 15.8. The number of nitrogens with zero attached hydrogens (tertiary/aromatic N) is 1. The van der Waals surface area contributed by atoms with Gasteiger partial charge < -0.3 is 24.7 Å². The summed E-state index contributed by atoms with van der Waals surface area (Å²) in [6.45, 7) is -0.507. The van der Waals surface area contributed by atoms with Crippen LogP contribution in [0.1, 0.15) is 11.3 Å². The first kappa shape index (κ1) is 24.3. The van der Waals surface area contributed by atoms with Gasteiger partial charge in [0.1, 0.15) is 11.5 Å². The number of aliphatic hydroxyl groups excluding tert-OH is 1. The number of nitrogens with one attached hydrogen (secondary N) is 1. The van der Waals surface area contributed by atoms with Gasteiger partial charge in [0.15, 0.2) is 0 Å². The summed E-state index contributed by atoms with van der Waals surface area (Å²) < 4.78 is 38.4. The third-order valence-electron chi connectivity index (χ3n) is 5.05. The molecule has 33 heavy (non-hydrogen) atoms. The van der Waals surface area contributed by atoms with Crippen LogP contribution >= 0.6 is 0 Å². The molecule has 0 bridgehead atoms. The van der Waals surface area contributed by atoms with Gasteiger partial charge in [-0.3, -0.25) is 0 Å². The molecule has 176 valence electrons. The third kappa shape index (κ3) is 6.58. The molecule has 0 fully saturated rings. The Bertz CT molecular complexity index is 1130. The van der Waals surface area contributed by atoms with Gasteiger partial charge in [-0.2, -0.15) is 4.31 Å². The SMILES string of the molecule is COc1cccc(S(=O)(=O)N(Cc2ccco2)CC(O)C(Cc2ccccc2)NC(=O)O)c1. The molecule has 0 spiro atoms. The number of ether oxygens (including phenoxy) is 1. The van der Waals surface area contributed by atoms with Gasteiger partial charge in [-0.05, 0) is 36.2 Å². The summed E-state index contributed by atoms with van der Waals surface area (Å²) >= 11 is 0. The number of methoxy groups -OCH3 is 1. The lowest BCUT2D eigenvalue weighted by Gasteiger charge is -2.29. The van der Waals surface area contributed by atoms with Crippen molar-refractivity contribution in [1.82, 2.24) is 9.62 Å². The Morgan fingerprint density at radius 2 is 1.88 bits per heavy atom. The zero-order valence-electron chi connectivity index (χ0n) is 18.0. The maximum absolute atomic E-state index is 13.4. The number of carbonyl (C=O) groups is 1. The smallest absolute Gasteiger partial charge is 0.404 e. The molecule has 2 unspecified atom stereocenters. The van der Waals surface area contributed by atoms with Gasteiger partial charge in [0.2, 0.25) is 10.0 Å². The van der Waals surface area contributed by atoms with Crippen LogP contribution in [0.5, 0.6) is 5.75 Å². The molecule has 0 aliphatic carbocycles. The fourth-order valence-electron chi connectivity index (χ4n) is 3.38. The molecule has 1 heterocycles. The van der Waals surface area contributed by atoms with E-state index in [9.17, 15) is 23.4 Å². The molecule has 3 rings (SSSR count). The molecule has 0 aliphatic heterocycles. The zero-order chi connectivity index (χ0) is 23.8. The largest absolute Gasteiger partial charge is 0.497 e. The van der Waals surface area contributed by atoms with Crippen molar-refractivity contribution in [1.29, 1.82) is 0 Å². The van der Waals surface area contributed by atoms with Gasteiger partial charge in [-0.25, -0.2) is 13.2 Å². The van der Waals surface area contributed by atoms with E-state index in [0.29, 0.717) is 11.5 Å². The Morgan fingerprint density at radius 3 is 2.52 bits per heavy atom. The van der Waals surface area contributed by atoms with Crippen LogP contribution in [0, 0.1) is 0 Å². The highest BCUT2D eigenvalue weighted by Crippen LogP contribution is 2.23. The molecular weight excluding hydrogens is 448 g/mol. The molecule has 0 saturated carbocycles. The van der Waals surface area contributed by atoms with Gasteiger partial charge in [-0.1, -0.05) is 36.4 Å². The van der Waals surface area contributed by atoms with E-state index in [1.807, 2.05) is 6.07 Å². The van der Waals surface area contributed by atoms with E-state index in [1.165, 1.54) is 25.5 Å². The molecule has 10 heteroatoms. The first-order valence-corrected chi connectivity index (χ1v) is 11.6. The lowest BCUT2D eigenvalue weighted by atomic mass is 10.0. The highest BCUT2D eigenvalue weighted by molar-refractivity contribution is 7.89. The van der Waals surface area contributed by atoms with Crippen LogP contribution in [0.25, 0.3) is 0 Å². The van der Waals surface area contributed by atoms with Crippen molar-refractivity contribution < 1.29 is 32.6 Å². The molecule has 2 atom stereocenters. The molecule has 1 aromatic heterocycles. The quantitative estimate of drug-likeness (QED) is 0.390. The average molecular weight is 475 g/mol. The maximum Gasteiger partial charge on any atom is 0.404 e. The fraction of sp³-hybridized carbons (Fsp3) is 0.261. The number of benzene rings is 2. The Morgan fingerprint density at radius 1 is 1.12 bits per heavy atom. The summed E-state index contributed by atoms with van der Waals surface area (Å²) in [5.74, 6) is 0.739. The lowest BCUT2D eigenvalue weighted by Crippen LogP contribution is -2.50. The van der Waals surface area contributed by atoms with Crippen LogP contribution in [-0.2, 0) is 23.0 Å². The predicted octanol–water partition coefficient (Wildman–Crippen LogP) is 2.72. The van der Waals surface area contributed by atoms with Crippen LogP contribution in [0.3, 0.4) is 0 Å². The minimum atomic E-state index is -4.08. The number of furan rings is 1. The van der Waals surface area contributed by atoms with Gasteiger partial charge in [0, 0.05) is 12.6 Å². The number of sulfonamides is 1. The summed E-state index contributed by atoms with van der Waals surface area (Å²) in [5, 5.41) is 22.5. The monoisotopic (exact) mass is 474 g/mol. The normalized spacial score (nSPS) is 13.4. The second-order valence-electron chi connectivity index (χ2n) is 7.37. The predicted molar refractivity (Wildman–Crippen MR) is 120 cm³/mol. The van der Waals surface area contributed by atoms with E-state index in [2.05, 4.69) is 5.32 Å². The van der Waals surface area contributed by atoms with Gasteiger partial charge in [0.25, 0.3) is 0 Å². The second kappa shape index (κ2) is 11.0. The number of rotatable bonds is 11. The van der Waals surface area contributed by atoms with Gasteiger partial charge in [-0.15, -0.1) is 0 Å². The molecule has 2 aromatic carbocycles. The molecule has 3 aromatic rings. The molecule has 1 amide bonds. The van der Waals surface area contributed by atoms with E-state index >= 15 is 0 Å². The van der Waals surface area contributed by atoms with Crippen LogP contribution in [0.4, 0.5) is 4.79 Å². The third-order valence-corrected chi connectivity index (χ3v) is 6.86. The number of aliphatic hydroxyl groups is 1. The molecule has 0 radical (unpaired) electrons. The zero-order valence-corrected chi connectivity index (χ0v) is 18.8. The van der Waals surface area contributed by atoms with E-state index < -0.39 is 28.3 Å². The molecular formula is C23H26N2O7S. The lowest BCUT2D eigenvalue weighted by molar-refractivity contribution is 0.0976. The maximum atomic E-state index is 13.4. The van der Waals surface area contributed by atoms with E-state index in [0.717, 1.165) is 9.87 Å². The van der Waals surface area contributed by atoms with Crippen molar-refractivity contribution in [2.45, 2.75) is 30.0 Å². The van der Waals surface area contributed by atoms with Crippen molar-refractivity contribution in [3.8, 4) is 5.75 Å². The van der Waals surface area contributed by atoms with Crippen LogP contribution in [0.15, 0.2) is 82.3 Å². The minimum absolute atomic E-state index is 0.0218. The van der Waals surface area contributed by atoms with Crippen molar-refractivity contribution in [3.05, 3.63) is 84.3 Å². The minimum Gasteiger partial charge on any atom is -0.497 e. The van der Waals surface area contributed by atoms with Crippen LogP contribution < -0.4 is 10.1 Å². The number of hydrogen-bond donors (Lipinski definition) is 3. The molecule has 0 aliphatic rings. The Kier molecular flexibility index (Phi) is 8.10. The molecule has 3 N–H and O–H groups in total. The number of carboxylic acid groups (broad SMARTS) is 1. The number of hydrogen-bond acceptors (Lipinski definition) is 6. The Labute approximate surface area is 192 Å². The van der Waals surface area contributed by atoms with Gasteiger partial charge >= 0.3 is 6.09 Å². The summed E-state index contributed by atoms with van der Waals surface area (Å²) in [7, 11) is -2.65. The van der Waals surface area contributed by atoms with Crippen molar-refractivity contribution >= 4 is 16.1 Å². The molecule has 9 nitrogen and oxygen atoms in total. The highest BCUT2D eigenvalue weighted by Gasteiger charge is 2.31. The summed E-state index contributed by atoms with van der Waals surface area (Å²) in [6.07, 6.45) is -1.05. The van der Waals surface area contributed by atoms with Crippen molar-refractivity contribution in [3.63, 3.8) is 0 Å². The standard InChI is InChI=1S/C23H26N2O7S/c1-31-18-9-5-11-20(14-18)33(29,30)25(15-19-10-6-12-32-19)16-22(26)21(24-23(27)28)13-17-7-3-2-4-8-17/h2-12,14,21-22,24,26H,13,15-16H2,1H3,(H,27,28). The van der Waals surface area contributed by atoms with Gasteiger partial charge in [0.05, 0.1) is 37.0 Å². The highest BCUT2D eigenvalue weighted by atomic mass is 32.2. The van der Waals surface area contributed by atoms with Crippen molar-refractivity contribution in [2.24, 2.45) is 0 Å². The Hall–Kier alpha value is -3.34. The van der Waals surface area contributed by atoms with E-state index in [1.54, 1.807) is 48.5 Å². The fourth-order valence-corrected chi connectivity index (χ4v) is 4.84. The molecule has 0 saturated heterocycles.